The number of hydrogen-bond acceptors (Lipinski definition) is 3. The summed E-state index contributed by atoms with van der Waals surface area (Å²) >= 11 is 0. The number of aliphatic hydroxyl groups is 1. The maximum atomic E-state index is 13.8. The number of nitrogens with one attached hydrogen (secondary N) is 1. The van der Waals surface area contributed by atoms with Crippen LogP contribution in [0.3, 0.4) is 0 Å². The molecule has 0 aromatic heterocycles. The Balaban J connectivity index is 1.95. The highest BCUT2D eigenvalue weighted by molar-refractivity contribution is 5.88. The monoisotopic (exact) mass is 328 g/mol. The molecule has 0 spiro atoms. The Hall–Kier alpha value is -2.22. The van der Waals surface area contributed by atoms with Crippen molar-refractivity contribution < 1.29 is 28.6 Å². The predicted molar refractivity (Wildman–Crippen MR) is 76.9 cm³/mol. The number of carbonyl (C=O) groups is 2. The molecule has 8 heteroatoms. The minimum Gasteiger partial charge on any atom is -0.478 e. The van der Waals surface area contributed by atoms with Crippen LogP contribution >= 0.6 is 0 Å². The topological polar surface area (TPSA) is 89.9 Å². The first kappa shape index (κ1) is 17.1. The molecule has 1 aromatic rings. The SMILES string of the molecule is O=C(O)c1ccc(CNC(=O)N2CCC(CO)CC2)c(F)c1F. The van der Waals surface area contributed by atoms with Crippen molar-refractivity contribution in [1.82, 2.24) is 10.2 Å². The third kappa shape index (κ3) is 3.95. The number of likely N-dealkylation sites (tertiary alicyclic amines) is 1. The molecule has 0 unspecified atom stereocenters. The molecule has 1 aliphatic heterocycles. The van der Waals surface area contributed by atoms with Crippen LogP contribution in [-0.2, 0) is 6.54 Å². The van der Waals surface area contributed by atoms with Crippen LogP contribution in [-0.4, -0.2) is 46.8 Å². The summed E-state index contributed by atoms with van der Waals surface area (Å²) in [5, 5.41) is 20.2. The van der Waals surface area contributed by atoms with Crippen LogP contribution in [0.4, 0.5) is 13.6 Å². The summed E-state index contributed by atoms with van der Waals surface area (Å²) in [4.78, 5) is 24.2. The van der Waals surface area contributed by atoms with Crippen LogP contribution in [0.2, 0.25) is 0 Å². The number of carboxylic acids is 1. The highest BCUT2D eigenvalue weighted by Gasteiger charge is 2.23. The van der Waals surface area contributed by atoms with E-state index >= 15 is 0 Å². The molecule has 1 saturated heterocycles. The lowest BCUT2D eigenvalue weighted by Gasteiger charge is -2.31. The van der Waals surface area contributed by atoms with Gasteiger partial charge in [0.1, 0.15) is 0 Å². The number of nitrogens with zero attached hydrogens (tertiary/aromatic N) is 1. The molecular weight excluding hydrogens is 310 g/mol. The van der Waals surface area contributed by atoms with E-state index in [2.05, 4.69) is 5.32 Å². The second-order valence-electron chi connectivity index (χ2n) is 5.48. The van der Waals surface area contributed by atoms with Gasteiger partial charge >= 0.3 is 12.0 Å². The molecule has 2 amide bonds. The Morgan fingerprint density at radius 3 is 2.43 bits per heavy atom. The highest BCUT2D eigenvalue weighted by Crippen LogP contribution is 2.18. The molecular formula is C15H18F2N2O4. The van der Waals surface area contributed by atoms with E-state index < -0.39 is 29.2 Å². The van der Waals surface area contributed by atoms with Gasteiger partial charge in [0.05, 0.1) is 5.56 Å². The van der Waals surface area contributed by atoms with Crippen LogP contribution in [0, 0.1) is 17.6 Å². The molecule has 126 valence electrons. The zero-order chi connectivity index (χ0) is 17.0. The first-order valence-electron chi connectivity index (χ1n) is 7.27. The van der Waals surface area contributed by atoms with E-state index in [4.69, 9.17) is 10.2 Å². The van der Waals surface area contributed by atoms with Crippen molar-refractivity contribution in [3.8, 4) is 0 Å². The van der Waals surface area contributed by atoms with E-state index in [0.717, 1.165) is 12.1 Å². The van der Waals surface area contributed by atoms with Gasteiger partial charge in [0, 0.05) is 31.8 Å². The summed E-state index contributed by atoms with van der Waals surface area (Å²) in [6.45, 7) is 0.842. The van der Waals surface area contributed by atoms with Crippen LogP contribution < -0.4 is 5.32 Å². The number of halogens is 2. The molecule has 0 aliphatic carbocycles. The molecule has 6 nitrogen and oxygen atoms in total. The summed E-state index contributed by atoms with van der Waals surface area (Å²) in [5.74, 6) is -4.07. The van der Waals surface area contributed by atoms with Gasteiger partial charge in [-0.1, -0.05) is 6.07 Å². The van der Waals surface area contributed by atoms with Crippen molar-refractivity contribution in [3.63, 3.8) is 0 Å². The van der Waals surface area contributed by atoms with Crippen molar-refractivity contribution in [2.45, 2.75) is 19.4 Å². The third-order valence-corrected chi connectivity index (χ3v) is 3.98. The maximum Gasteiger partial charge on any atom is 0.338 e. The number of hydrogen-bond donors (Lipinski definition) is 3. The van der Waals surface area contributed by atoms with Crippen LogP contribution in [0.1, 0.15) is 28.8 Å². The van der Waals surface area contributed by atoms with Crippen molar-refractivity contribution >= 4 is 12.0 Å². The summed E-state index contributed by atoms with van der Waals surface area (Å²) < 4.78 is 27.4. The van der Waals surface area contributed by atoms with E-state index in [0.29, 0.717) is 25.9 Å². The van der Waals surface area contributed by atoms with Gasteiger partial charge in [-0.25, -0.2) is 18.4 Å². The maximum absolute atomic E-state index is 13.8. The molecule has 1 fully saturated rings. The number of piperidine rings is 1. The Morgan fingerprint density at radius 1 is 1.22 bits per heavy atom. The molecule has 0 atom stereocenters. The fourth-order valence-corrected chi connectivity index (χ4v) is 2.49. The quantitative estimate of drug-likeness (QED) is 0.783. The number of carbonyl (C=O) groups excluding carboxylic acids is 1. The smallest absolute Gasteiger partial charge is 0.338 e. The lowest BCUT2D eigenvalue weighted by molar-refractivity contribution is 0.0690. The van der Waals surface area contributed by atoms with Crippen LogP contribution in [0.15, 0.2) is 12.1 Å². The van der Waals surface area contributed by atoms with Gasteiger partial charge < -0.3 is 20.4 Å². The van der Waals surface area contributed by atoms with E-state index in [1.165, 1.54) is 0 Å². The molecule has 1 aromatic carbocycles. The minimum atomic E-state index is -1.55. The second kappa shape index (κ2) is 7.36. The Kier molecular flexibility index (Phi) is 5.49. The van der Waals surface area contributed by atoms with Crippen molar-refractivity contribution in [1.29, 1.82) is 0 Å². The van der Waals surface area contributed by atoms with Gasteiger partial charge in [-0.05, 0) is 24.8 Å². The van der Waals surface area contributed by atoms with E-state index in [9.17, 15) is 18.4 Å². The molecule has 3 N–H and O–H groups in total. The number of urea groups is 1. The lowest BCUT2D eigenvalue weighted by Crippen LogP contribution is -2.44. The normalized spacial score (nSPS) is 15.5. The first-order valence-corrected chi connectivity index (χ1v) is 7.27. The summed E-state index contributed by atoms with van der Waals surface area (Å²) in [7, 11) is 0. The largest absolute Gasteiger partial charge is 0.478 e. The number of aromatic carboxylic acids is 1. The number of benzene rings is 1. The molecule has 1 aliphatic rings. The molecule has 0 bridgehead atoms. The Labute approximate surface area is 131 Å². The summed E-state index contributed by atoms with van der Waals surface area (Å²) in [6.07, 6.45) is 1.39. The Bertz CT molecular complexity index is 601. The van der Waals surface area contributed by atoms with Crippen molar-refractivity contribution in [2.75, 3.05) is 19.7 Å². The van der Waals surface area contributed by atoms with E-state index in [1.54, 1.807) is 4.90 Å². The number of carboxylic acid groups (broad SMARTS) is 1. The standard InChI is InChI=1S/C15H18F2N2O4/c16-12-10(1-2-11(13(12)17)14(21)22)7-18-15(23)19-5-3-9(8-20)4-6-19/h1-2,9,20H,3-8H2,(H,18,23)(H,21,22). The van der Waals surface area contributed by atoms with Gasteiger partial charge in [-0.15, -0.1) is 0 Å². The number of amides is 2. The van der Waals surface area contributed by atoms with Gasteiger partial charge in [-0.3, -0.25) is 0 Å². The molecule has 0 radical (unpaired) electrons. The molecule has 1 heterocycles. The van der Waals surface area contributed by atoms with E-state index in [-0.39, 0.29) is 24.6 Å². The zero-order valence-corrected chi connectivity index (χ0v) is 12.4. The number of rotatable bonds is 4. The van der Waals surface area contributed by atoms with Gasteiger partial charge in [0.25, 0.3) is 0 Å². The predicted octanol–water partition coefficient (Wildman–Crippen LogP) is 1.58. The van der Waals surface area contributed by atoms with Gasteiger partial charge in [-0.2, -0.15) is 0 Å². The molecule has 0 saturated carbocycles. The fourth-order valence-electron chi connectivity index (χ4n) is 2.49. The molecule has 2 rings (SSSR count). The number of aliphatic hydroxyl groups excluding tert-OH is 1. The van der Waals surface area contributed by atoms with E-state index in [1.807, 2.05) is 0 Å². The Morgan fingerprint density at radius 2 is 1.87 bits per heavy atom. The first-order chi connectivity index (χ1) is 10.9. The van der Waals surface area contributed by atoms with Gasteiger partial charge in [0.2, 0.25) is 0 Å². The summed E-state index contributed by atoms with van der Waals surface area (Å²) in [6, 6.07) is 1.71. The highest BCUT2D eigenvalue weighted by atomic mass is 19.2. The average Bonchev–Trinajstić information content (AvgIpc) is 2.55. The minimum absolute atomic E-state index is 0.0931. The van der Waals surface area contributed by atoms with Crippen molar-refractivity contribution in [2.24, 2.45) is 5.92 Å². The van der Waals surface area contributed by atoms with Gasteiger partial charge in [0.15, 0.2) is 11.6 Å². The van der Waals surface area contributed by atoms with Crippen LogP contribution in [0.5, 0.6) is 0 Å². The molecule has 23 heavy (non-hydrogen) atoms. The van der Waals surface area contributed by atoms with Crippen molar-refractivity contribution in [3.05, 3.63) is 34.9 Å². The average molecular weight is 328 g/mol. The van der Waals surface area contributed by atoms with Crippen LogP contribution in [0.25, 0.3) is 0 Å². The third-order valence-electron chi connectivity index (χ3n) is 3.98. The lowest BCUT2D eigenvalue weighted by atomic mass is 9.98. The summed E-state index contributed by atoms with van der Waals surface area (Å²) in [5.41, 5.74) is -0.866. The zero-order valence-electron chi connectivity index (χ0n) is 12.4. The fraction of sp³-hybridized carbons (Fsp3) is 0.467. The second-order valence-corrected chi connectivity index (χ2v) is 5.48.